The van der Waals surface area contributed by atoms with E-state index in [4.69, 9.17) is 43.7 Å². The number of carbonyl (C=O) groups is 2. The van der Waals surface area contributed by atoms with Gasteiger partial charge in [-0.3, -0.25) is 9.59 Å². The average Bonchev–Trinajstić information content (AvgIpc) is 1.66. The van der Waals surface area contributed by atoms with Crippen LogP contribution in [0.5, 0.6) is 23.0 Å². The second-order valence-corrected chi connectivity index (χ2v) is 26.4. The smallest absolute Gasteiger partial charge is 0.871 e. The molecule has 0 aliphatic carbocycles. The summed E-state index contributed by atoms with van der Waals surface area (Å²) in [7, 11) is 1.60. The van der Waals surface area contributed by atoms with Crippen LogP contribution in [-0.4, -0.2) is 91.3 Å². The second kappa shape index (κ2) is 37.7. The molecule has 12 aromatic carbocycles. The van der Waals surface area contributed by atoms with Crippen molar-refractivity contribution in [2.75, 3.05) is 33.5 Å². The van der Waals surface area contributed by atoms with Crippen molar-refractivity contribution in [3.05, 3.63) is 294 Å². The van der Waals surface area contributed by atoms with Crippen molar-refractivity contribution in [3.63, 3.8) is 0 Å². The normalized spacial score (nSPS) is 17.3. The van der Waals surface area contributed by atoms with E-state index in [0.717, 1.165) is 61.0 Å². The molecule has 0 radical (unpaired) electrons. The largest absolute Gasteiger partial charge is 1.00 e. The third-order valence-corrected chi connectivity index (χ3v) is 18.9. The van der Waals surface area contributed by atoms with E-state index in [2.05, 4.69) is 18.6 Å². The Morgan fingerprint density at radius 3 is 0.963 bits per heavy atom. The molecule has 2 N–H and O–H groups in total. The zero-order valence-electron chi connectivity index (χ0n) is 62.7. The molecule has 5 heterocycles. The molecule has 5 aliphatic heterocycles. The van der Waals surface area contributed by atoms with Crippen molar-refractivity contribution < 1.29 is 115 Å². The number of carbonyl (C=O) groups excluding carboxylic acids is 2. The summed E-state index contributed by atoms with van der Waals surface area (Å²) in [5.74, 6) is 0.822. The summed E-state index contributed by atoms with van der Waals surface area (Å²) in [5.41, 5.74) is 7.41. The molecule has 0 aromatic heterocycles. The quantitative estimate of drug-likeness (QED) is 0.0591. The van der Waals surface area contributed by atoms with Gasteiger partial charge in [0.05, 0.1) is 23.7 Å². The molecule has 1 unspecified atom stereocenters. The number of ketones is 1. The number of aromatic hydroxyl groups is 2. The second-order valence-electron chi connectivity index (χ2n) is 26.4. The summed E-state index contributed by atoms with van der Waals surface area (Å²) in [4.78, 5) is 39.6. The Hall–Kier alpha value is -10.3. The third-order valence-electron chi connectivity index (χ3n) is 18.9. The van der Waals surface area contributed by atoms with Crippen molar-refractivity contribution >= 4 is 78.4 Å². The monoisotopic (exact) mass is 1430 g/mol. The standard InChI is InChI=1S/2C38H28N2O4.C6H12O2.C4H6O2.C4H9.3Li/c2*41-35-29(37-39-31(21-43-37)23-11-3-1-4-12-23)19-25-15-7-9-17-27(25)33(35)34-28-18-10-8-16-26(28)20-30(36(34)42)38-40-32(22-44-38)24-13-5-2-6-14-24;1-5(7)4-6(2)8-3;1-3-2-4(5)6-3;1-3-4-2;;;/h2*1-20,31-32,41-42H,21-22H2;6H,4H2,1-3H3;3H,2H2,1H3;1,3-4H2,2H3;;;/q;;;;-1;3*+1/p-2/t2*31-,32-;6-;;;;;/m001...../s1. The first-order valence-corrected chi connectivity index (χ1v) is 35.7. The van der Waals surface area contributed by atoms with E-state index in [9.17, 15) is 30.0 Å². The van der Waals surface area contributed by atoms with Gasteiger partial charge in [0.15, 0.2) is 0 Å². The van der Waals surface area contributed by atoms with Crippen LogP contribution < -0.4 is 66.8 Å². The van der Waals surface area contributed by atoms with Crippen LogP contribution in [-0.2, 0) is 38.0 Å². The van der Waals surface area contributed by atoms with E-state index >= 15 is 0 Å². The topological polar surface area (TPSA) is 226 Å². The molecule has 6 atom stereocenters. The number of methoxy groups -OCH3 is 1. The number of benzene rings is 12. The zero-order chi connectivity index (χ0) is 73.8. The number of esters is 1. The number of rotatable bonds is 14. The Bertz CT molecular complexity index is 4700. The molecule has 12 aromatic rings. The fourth-order valence-electron chi connectivity index (χ4n) is 13.4. The van der Waals surface area contributed by atoms with Gasteiger partial charge in [-0.2, -0.15) is 6.42 Å². The van der Waals surface area contributed by atoms with Crippen LogP contribution in [0.3, 0.4) is 0 Å². The van der Waals surface area contributed by atoms with Crippen LogP contribution in [0.1, 0.15) is 122 Å². The predicted octanol–water partition coefficient (Wildman–Crippen LogP) is 8.91. The van der Waals surface area contributed by atoms with Gasteiger partial charge in [-0.15, -0.1) is 0 Å². The van der Waals surface area contributed by atoms with Crippen molar-refractivity contribution in [1.82, 2.24) is 0 Å². The summed E-state index contributed by atoms with van der Waals surface area (Å²) in [6.07, 6.45) is 3.68. The Balaban J connectivity index is 0.000000185. The number of hydrogen-bond acceptors (Lipinski definition) is 16. The molecular weight excluding hydrogens is 1350 g/mol. The van der Waals surface area contributed by atoms with Gasteiger partial charge < -0.3 is 55.8 Å². The molecule has 16 nitrogen and oxygen atoms in total. The first-order valence-electron chi connectivity index (χ1n) is 35.7. The van der Waals surface area contributed by atoms with Crippen molar-refractivity contribution in [2.45, 2.75) is 89.8 Å². The van der Waals surface area contributed by atoms with Gasteiger partial charge in [0.2, 0.25) is 23.6 Å². The van der Waals surface area contributed by atoms with Gasteiger partial charge in [0.25, 0.3) is 0 Å². The molecule has 109 heavy (non-hydrogen) atoms. The van der Waals surface area contributed by atoms with Gasteiger partial charge >= 0.3 is 62.6 Å². The zero-order valence-corrected chi connectivity index (χ0v) is 62.7. The van der Waals surface area contributed by atoms with E-state index in [1.165, 1.54) is 6.42 Å². The molecule has 0 bridgehead atoms. The van der Waals surface area contributed by atoms with Crippen LogP contribution >= 0.6 is 0 Å². The Morgan fingerprint density at radius 2 is 0.725 bits per heavy atom. The first kappa shape index (κ1) is 81.2. The summed E-state index contributed by atoms with van der Waals surface area (Å²) >= 11 is 0. The minimum absolute atomic E-state index is 0. The molecule has 0 amide bonds. The first-order chi connectivity index (χ1) is 51.7. The van der Waals surface area contributed by atoms with Crippen LogP contribution in [0.2, 0.25) is 0 Å². The van der Waals surface area contributed by atoms with E-state index in [-0.39, 0.29) is 140 Å². The van der Waals surface area contributed by atoms with Crippen molar-refractivity contribution in [2.24, 2.45) is 20.0 Å². The fourth-order valence-corrected chi connectivity index (χ4v) is 13.4. The maximum absolute atomic E-state index is 14.5. The number of fused-ring (bicyclic) bond motifs is 4. The summed E-state index contributed by atoms with van der Waals surface area (Å²) in [5, 5.41) is 59.5. The number of unbranched alkanes of at least 4 members (excludes halogenated alkanes) is 1. The van der Waals surface area contributed by atoms with Gasteiger partial charge in [0, 0.05) is 35.8 Å². The molecular formula is C90H81Li3N4O12. The van der Waals surface area contributed by atoms with E-state index in [1.807, 2.05) is 257 Å². The maximum Gasteiger partial charge on any atom is 1.00 e. The Labute approximate surface area is 671 Å². The van der Waals surface area contributed by atoms with Gasteiger partial charge in [0.1, 0.15) is 74.0 Å². The van der Waals surface area contributed by atoms with Gasteiger partial charge in [-0.05, 0) is 122 Å². The molecule has 1 fully saturated rings. The Kier molecular flexibility index (Phi) is 28.0. The average molecular weight is 1430 g/mol. The molecule has 0 spiro atoms. The van der Waals surface area contributed by atoms with Crippen molar-refractivity contribution in [1.29, 1.82) is 0 Å². The molecule has 5 aliphatic rings. The number of phenolic OH excluding ortho intramolecular Hbond substituents is 2. The number of ether oxygens (including phenoxy) is 6. The number of Topliss-reactive ketones (excluding diaryl/α,β-unsaturated/α-hetero) is 1. The summed E-state index contributed by atoms with van der Waals surface area (Å²) in [6, 6.07) is 77.3. The number of hydrogen-bond donors (Lipinski definition) is 2. The molecule has 0 saturated carbocycles. The molecule has 19 heteroatoms. The number of aliphatic imine (C=N–C) groups is 4. The minimum Gasteiger partial charge on any atom is -0.871 e. The maximum atomic E-state index is 14.5. The van der Waals surface area contributed by atoms with E-state index in [0.29, 0.717) is 106 Å². The SMILES string of the molecule is CC1CC(=O)O1.CO[C@H](C)CC(C)=O.Oc1c(C2=N[C@H](c3ccccc3)CO2)cc2ccccc2c1-c1c(O)c(C2=N[C@H](c3ccccc3)CO2)cc2ccccc12.[CH2-]CCC.[Li+].[Li+].[Li+].[O-]c1c(C2=N[C@H](c3ccccc3)CO2)cc2ccccc2c1-c1c([O-])c(C2=N[C@H](c3ccccc3)CO2)cc2ccccc12. The van der Waals surface area contributed by atoms with Crippen LogP contribution in [0, 0.1) is 6.92 Å². The molecule has 1 saturated heterocycles. The van der Waals surface area contributed by atoms with E-state index in [1.54, 1.807) is 14.0 Å². The third kappa shape index (κ3) is 18.4. The summed E-state index contributed by atoms with van der Waals surface area (Å²) < 4.78 is 33.6. The van der Waals surface area contributed by atoms with Crippen LogP contribution in [0.15, 0.2) is 263 Å². The molecule has 536 valence electrons. The van der Waals surface area contributed by atoms with Gasteiger partial charge in [-0.25, -0.2) is 20.0 Å². The molecule has 17 rings (SSSR count). The predicted molar refractivity (Wildman–Crippen MR) is 415 cm³/mol. The van der Waals surface area contributed by atoms with E-state index < -0.39 is 0 Å². The Morgan fingerprint density at radius 1 is 0.468 bits per heavy atom. The van der Waals surface area contributed by atoms with Crippen LogP contribution in [0.25, 0.3) is 65.3 Å². The van der Waals surface area contributed by atoms with Crippen LogP contribution in [0.4, 0.5) is 0 Å². The van der Waals surface area contributed by atoms with Crippen molar-refractivity contribution in [3.8, 4) is 45.3 Å². The number of cyclic esters (lactones) is 1. The fraction of sp³-hybridized carbons (Fsp3) is 0.211. The van der Waals surface area contributed by atoms with Gasteiger partial charge in [-0.1, -0.05) is 243 Å². The summed E-state index contributed by atoms with van der Waals surface area (Å²) in [6.45, 7) is 12.5. The number of phenols is 2. The minimum atomic E-state index is -0.299. The number of nitrogens with zero attached hydrogens (tertiary/aromatic N) is 4.